The van der Waals surface area contributed by atoms with Crippen molar-refractivity contribution in [2.45, 2.75) is 39.7 Å². The van der Waals surface area contributed by atoms with Gasteiger partial charge in [-0.2, -0.15) is 0 Å². The first-order valence-corrected chi connectivity index (χ1v) is 6.03. The fraction of sp³-hybridized carbons (Fsp3) is 0.500. The molecule has 0 heterocycles. The molecule has 2 heteroatoms. The Hall–Kier alpha value is -1.31. The average molecular weight is 219 g/mol. The number of unbranched alkanes of at least 4 members (excludes halogenated alkanes) is 2. The SMILES string of the molecule is CCCCCN(Cc1ccccc1)C(C)=O. The van der Waals surface area contributed by atoms with Crippen molar-refractivity contribution in [3.8, 4) is 0 Å². The molecule has 0 saturated carbocycles. The fourth-order valence-corrected chi connectivity index (χ4v) is 1.70. The van der Waals surface area contributed by atoms with Crippen LogP contribution in [0.4, 0.5) is 0 Å². The van der Waals surface area contributed by atoms with Crippen LogP contribution in [0.25, 0.3) is 0 Å². The molecule has 88 valence electrons. The molecule has 16 heavy (non-hydrogen) atoms. The third-order valence-electron chi connectivity index (χ3n) is 2.69. The molecule has 2 nitrogen and oxygen atoms in total. The van der Waals surface area contributed by atoms with Gasteiger partial charge in [-0.05, 0) is 12.0 Å². The van der Waals surface area contributed by atoms with Crippen LogP contribution >= 0.6 is 0 Å². The van der Waals surface area contributed by atoms with Crippen LogP contribution in [0.1, 0.15) is 38.7 Å². The maximum atomic E-state index is 11.5. The van der Waals surface area contributed by atoms with Crippen LogP contribution in [-0.2, 0) is 11.3 Å². The second kappa shape index (κ2) is 7.04. The summed E-state index contributed by atoms with van der Waals surface area (Å²) in [6.07, 6.45) is 3.48. The standard InChI is InChI=1S/C14H21NO/c1-3-4-8-11-15(13(2)16)12-14-9-6-5-7-10-14/h5-7,9-10H,3-4,8,11-12H2,1-2H3. The summed E-state index contributed by atoms with van der Waals surface area (Å²) in [6, 6.07) is 10.2. The van der Waals surface area contributed by atoms with Gasteiger partial charge in [0.25, 0.3) is 0 Å². The first-order chi connectivity index (χ1) is 7.74. The van der Waals surface area contributed by atoms with Crippen molar-refractivity contribution in [3.05, 3.63) is 35.9 Å². The van der Waals surface area contributed by atoms with Crippen LogP contribution in [0.15, 0.2) is 30.3 Å². The molecular weight excluding hydrogens is 198 g/mol. The Morgan fingerprint density at radius 1 is 1.19 bits per heavy atom. The molecule has 1 aromatic carbocycles. The molecule has 0 radical (unpaired) electrons. The summed E-state index contributed by atoms with van der Waals surface area (Å²) in [7, 11) is 0. The van der Waals surface area contributed by atoms with Crippen molar-refractivity contribution in [2.24, 2.45) is 0 Å². The van der Waals surface area contributed by atoms with Crippen LogP contribution in [0, 0.1) is 0 Å². The van der Waals surface area contributed by atoms with E-state index in [-0.39, 0.29) is 5.91 Å². The van der Waals surface area contributed by atoms with Gasteiger partial charge < -0.3 is 4.90 Å². The van der Waals surface area contributed by atoms with Gasteiger partial charge in [0.15, 0.2) is 0 Å². The maximum Gasteiger partial charge on any atom is 0.219 e. The van der Waals surface area contributed by atoms with Gasteiger partial charge in [-0.25, -0.2) is 0 Å². The van der Waals surface area contributed by atoms with E-state index in [1.807, 2.05) is 23.1 Å². The van der Waals surface area contributed by atoms with Crippen molar-refractivity contribution < 1.29 is 4.79 Å². The number of rotatable bonds is 6. The molecule has 0 spiro atoms. The van der Waals surface area contributed by atoms with E-state index in [1.165, 1.54) is 18.4 Å². The van der Waals surface area contributed by atoms with Gasteiger partial charge in [-0.1, -0.05) is 50.1 Å². The molecule has 0 N–H and O–H groups in total. The normalized spacial score (nSPS) is 10.1. The summed E-state index contributed by atoms with van der Waals surface area (Å²) in [5.41, 5.74) is 1.20. The Morgan fingerprint density at radius 2 is 1.88 bits per heavy atom. The van der Waals surface area contributed by atoms with Gasteiger partial charge >= 0.3 is 0 Å². The van der Waals surface area contributed by atoms with Crippen molar-refractivity contribution in [1.82, 2.24) is 4.90 Å². The molecule has 1 rings (SSSR count). The molecular formula is C14H21NO. The summed E-state index contributed by atoms with van der Waals surface area (Å²) in [4.78, 5) is 13.4. The summed E-state index contributed by atoms with van der Waals surface area (Å²) in [5, 5.41) is 0. The summed E-state index contributed by atoms with van der Waals surface area (Å²) < 4.78 is 0. The third kappa shape index (κ3) is 4.47. The molecule has 0 aromatic heterocycles. The maximum absolute atomic E-state index is 11.5. The third-order valence-corrected chi connectivity index (χ3v) is 2.69. The molecule has 1 amide bonds. The predicted octanol–water partition coefficient (Wildman–Crippen LogP) is 3.23. The molecule has 0 fully saturated rings. The van der Waals surface area contributed by atoms with Crippen molar-refractivity contribution in [1.29, 1.82) is 0 Å². The zero-order chi connectivity index (χ0) is 11.8. The summed E-state index contributed by atoms with van der Waals surface area (Å²) >= 11 is 0. The predicted molar refractivity (Wildman–Crippen MR) is 67.1 cm³/mol. The highest BCUT2D eigenvalue weighted by atomic mass is 16.2. The van der Waals surface area contributed by atoms with E-state index >= 15 is 0 Å². The number of carbonyl (C=O) groups excluding carboxylic acids is 1. The van der Waals surface area contributed by atoms with Gasteiger partial charge in [-0.15, -0.1) is 0 Å². The lowest BCUT2D eigenvalue weighted by Gasteiger charge is -2.21. The molecule has 1 aromatic rings. The molecule has 0 aliphatic heterocycles. The molecule has 0 saturated heterocycles. The van der Waals surface area contributed by atoms with Crippen molar-refractivity contribution in [2.75, 3.05) is 6.54 Å². The highest BCUT2D eigenvalue weighted by Gasteiger charge is 2.08. The van der Waals surface area contributed by atoms with Crippen LogP contribution in [0.3, 0.4) is 0 Å². The Morgan fingerprint density at radius 3 is 2.44 bits per heavy atom. The van der Waals surface area contributed by atoms with Crippen molar-refractivity contribution >= 4 is 5.91 Å². The van der Waals surface area contributed by atoms with Gasteiger partial charge in [0.1, 0.15) is 0 Å². The first-order valence-electron chi connectivity index (χ1n) is 6.03. The largest absolute Gasteiger partial charge is 0.339 e. The lowest BCUT2D eigenvalue weighted by molar-refractivity contribution is -0.129. The number of benzene rings is 1. The van der Waals surface area contributed by atoms with Crippen LogP contribution in [0.5, 0.6) is 0 Å². The molecule has 0 aliphatic rings. The van der Waals surface area contributed by atoms with E-state index in [4.69, 9.17) is 0 Å². The fourth-order valence-electron chi connectivity index (χ4n) is 1.70. The zero-order valence-electron chi connectivity index (χ0n) is 10.3. The number of hydrogen-bond acceptors (Lipinski definition) is 1. The number of nitrogens with zero attached hydrogens (tertiary/aromatic N) is 1. The summed E-state index contributed by atoms with van der Waals surface area (Å²) in [5.74, 6) is 0.167. The van der Waals surface area contributed by atoms with Gasteiger partial charge in [-0.3, -0.25) is 4.79 Å². The minimum atomic E-state index is 0.167. The lowest BCUT2D eigenvalue weighted by atomic mass is 10.2. The second-order valence-electron chi connectivity index (χ2n) is 4.13. The monoisotopic (exact) mass is 219 g/mol. The minimum absolute atomic E-state index is 0.167. The first kappa shape index (κ1) is 12.8. The Kier molecular flexibility index (Phi) is 5.62. The number of hydrogen-bond donors (Lipinski definition) is 0. The Bertz CT molecular complexity index is 308. The topological polar surface area (TPSA) is 20.3 Å². The quantitative estimate of drug-likeness (QED) is 0.673. The highest BCUT2D eigenvalue weighted by molar-refractivity contribution is 5.73. The smallest absolute Gasteiger partial charge is 0.219 e. The van der Waals surface area contributed by atoms with Crippen molar-refractivity contribution in [3.63, 3.8) is 0 Å². The molecule has 0 unspecified atom stereocenters. The zero-order valence-corrected chi connectivity index (χ0v) is 10.3. The Balaban J connectivity index is 2.48. The van der Waals surface area contributed by atoms with Gasteiger partial charge in [0.05, 0.1) is 0 Å². The highest BCUT2D eigenvalue weighted by Crippen LogP contribution is 2.06. The van der Waals surface area contributed by atoms with E-state index in [2.05, 4.69) is 19.1 Å². The number of carbonyl (C=O) groups is 1. The molecule has 0 bridgehead atoms. The van der Waals surface area contributed by atoms with E-state index in [0.717, 1.165) is 19.5 Å². The average Bonchev–Trinajstić information content (AvgIpc) is 2.29. The van der Waals surface area contributed by atoms with E-state index in [1.54, 1.807) is 6.92 Å². The van der Waals surface area contributed by atoms with E-state index < -0.39 is 0 Å². The van der Waals surface area contributed by atoms with Gasteiger partial charge in [0.2, 0.25) is 5.91 Å². The minimum Gasteiger partial charge on any atom is -0.339 e. The van der Waals surface area contributed by atoms with Gasteiger partial charge in [0, 0.05) is 20.0 Å². The van der Waals surface area contributed by atoms with Crippen LogP contribution in [-0.4, -0.2) is 17.4 Å². The molecule has 0 atom stereocenters. The van der Waals surface area contributed by atoms with Crippen LogP contribution in [0.2, 0.25) is 0 Å². The number of amides is 1. The van der Waals surface area contributed by atoms with E-state index in [0.29, 0.717) is 0 Å². The lowest BCUT2D eigenvalue weighted by Crippen LogP contribution is -2.29. The van der Waals surface area contributed by atoms with E-state index in [9.17, 15) is 4.79 Å². The van der Waals surface area contributed by atoms with Crippen LogP contribution < -0.4 is 0 Å². The molecule has 0 aliphatic carbocycles. The summed E-state index contributed by atoms with van der Waals surface area (Å²) in [6.45, 7) is 5.43. The second-order valence-corrected chi connectivity index (χ2v) is 4.13. The Labute approximate surface area is 98.3 Å².